The van der Waals surface area contributed by atoms with Crippen LogP contribution in [0.4, 0.5) is 0 Å². The number of aromatic nitrogens is 2. The molecule has 0 N–H and O–H groups in total. The number of carbonyl (C=O) groups is 1. The van der Waals surface area contributed by atoms with E-state index in [1.54, 1.807) is 6.33 Å². The summed E-state index contributed by atoms with van der Waals surface area (Å²) in [6, 6.07) is 4.05. The Balaban J connectivity index is 2.64. The lowest BCUT2D eigenvalue weighted by Crippen LogP contribution is -1.88. The number of hydrogen-bond acceptors (Lipinski definition) is 2. The first-order valence-electron chi connectivity index (χ1n) is 4.17. The largest absolute Gasteiger partial charge is 0.306 e. The normalized spacial score (nSPS) is 10.5. The van der Waals surface area contributed by atoms with E-state index in [1.807, 2.05) is 29.7 Å². The molecule has 0 aliphatic heterocycles. The Hall–Kier alpha value is -1.64. The number of aryl methyl sites for hydroxylation is 1. The van der Waals surface area contributed by atoms with Gasteiger partial charge in [-0.1, -0.05) is 0 Å². The van der Waals surface area contributed by atoms with Crippen LogP contribution in [0, 0.1) is 6.92 Å². The van der Waals surface area contributed by atoms with Gasteiger partial charge >= 0.3 is 0 Å². The summed E-state index contributed by atoms with van der Waals surface area (Å²) in [5.74, 6) is 0. The van der Waals surface area contributed by atoms with Crippen molar-refractivity contribution in [2.75, 3.05) is 0 Å². The molecule has 2 heterocycles. The summed E-state index contributed by atoms with van der Waals surface area (Å²) in [6.07, 6.45) is 4.95. The van der Waals surface area contributed by atoms with Crippen molar-refractivity contribution in [3.05, 3.63) is 35.9 Å². The molecular formula is C10H10N2O. The Kier molecular flexibility index (Phi) is 1.85. The average Bonchev–Trinajstić information content (AvgIpc) is 2.49. The van der Waals surface area contributed by atoms with Crippen molar-refractivity contribution in [1.29, 1.82) is 0 Å². The van der Waals surface area contributed by atoms with Gasteiger partial charge in [-0.2, -0.15) is 0 Å². The smallest absolute Gasteiger partial charge is 0.126 e. The summed E-state index contributed by atoms with van der Waals surface area (Å²) in [7, 11) is 0. The lowest BCUT2D eigenvalue weighted by molar-refractivity contribution is -0.107. The van der Waals surface area contributed by atoms with Gasteiger partial charge in [0.05, 0.1) is 17.5 Å². The van der Waals surface area contributed by atoms with Crippen molar-refractivity contribution in [3.63, 3.8) is 0 Å². The van der Waals surface area contributed by atoms with Crippen molar-refractivity contribution in [1.82, 2.24) is 9.38 Å². The molecule has 0 aliphatic rings. The highest BCUT2D eigenvalue weighted by Crippen LogP contribution is 2.11. The van der Waals surface area contributed by atoms with Gasteiger partial charge < -0.3 is 9.20 Å². The fourth-order valence-electron chi connectivity index (χ4n) is 1.38. The van der Waals surface area contributed by atoms with E-state index in [0.717, 1.165) is 17.5 Å². The highest BCUT2D eigenvalue weighted by molar-refractivity contribution is 5.63. The lowest BCUT2D eigenvalue weighted by Gasteiger charge is -1.96. The van der Waals surface area contributed by atoms with E-state index < -0.39 is 0 Å². The molecule has 0 spiro atoms. The number of fused-ring (bicyclic) bond motifs is 1. The molecule has 2 aromatic heterocycles. The highest BCUT2D eigenvalue weighted by atomic mass is 16.1. The first-order chi connectivity index (χ1) is 6.31. The van der Waals surface area contributed by atoms with Crippen LogP contribution in [0.25, 0.3) is 5.52 Å². The van der Waals surface area contributed by atoms with Gasteiger partial charge in [0.2, 0.25) is 0 Å². The second-order valence-corrected chi connectivity index (χ2v) is 3.06. The van der Waals surface area contributed by atoms with Gasteiger partial charge in [0, 0.05) is 12.6 Å². The molecule has 3 heteroatoms. The molecule has 0 atom stereocenters. The quantitative estimate of drug-likeness (QED) is 0.645. The molecule has 0 radical (unpaired) electrons. The molecule has 13 heavy (non-hydrogen) atoms. The number of rotatable bonds is 2. The third kappa shape index (κ3) is 1.33. The Bertz CT molecular complexity index is 445. The summed E-state index contributed by atoms with van der Waals surface area (Å²) in [5, 5.41) is 0. The average molecular weight is 174 g/mol. The van der Waals surface area contributed by atoms with Crippen LogP contribution in [0.15, 0.2) is 24.7 Å². The zero-order valence-electron chi connectivity index (χ0n) is 7.40. The van der Waals surface area contributed by atoms with E-state index in [1.165, 1.54) is 5.56 Å². The molecule has 0 aromatic carbocycles. The fraction of sp³-hybridized carbons (Fsp3) is 0.200. The molecule has 0 bridgehead atoms. The number of aldehydes is 1. The fourth-order valence-corrected chi connectivity index (χ4v) is 1.38. The topological polar surface area (TPSA) is 34.4 Å². The summed E-state index contributed by atoms with van der Waals surface area (Å²) < 4.78 is 1.92. The minimum absolute atomic E-state index is 0.389. The van der Waals surface area contributed by atoms with E-state index in [-0.39, 0.29) is 0 Å². The van der Waals surface area contributed by atoms with E-state index in [0.29, 0.717) is 6.42 Å². The van der Waals surface area contributed by atoms with Crippen molar-refractivity contribution >= 4 is 11.8 Å². The number of hydrogen-bond donors (Lipinski definition) is 0. The van der Waals surface area contributed by atoms with Gasteiger partial charge in [-0.3, -0.25) is 0 Å². The van der Waals surface area contributed by atoms with Crippen molar-refractivity contribution < 1.29 is 4.79 Å². The van der Waals surface area contributed by atoms with Gasteiger partial charge in [0.1, 0.15) is 6.29 Å². The molecule has 2 aromatic rings. The molecule has 0 saturated carbocycles. The molecule has 66 valence electrons. The van der Waals surface area contributed by atoms with Crippen LogP contribution in [-0.2, 0) is 11.2 Å². The van der Waals surface area contributed by atoms with Gasteiger partial charge in [-0.15, -0.1) is 0 Å². The maximum Gasteiger partial charge on any atom is 0.126 e. The first-order valence-corrected chi connectivity index (χ1v) is 4.17. The van der Waals surface area contributed by atoms with Gasteiger partial charge in [-0.05, 0) is 24.6 Å². The second-order valence-electron chi connectivity index (χ2n) is 3.06. The van der Waals surface area contributed by atoms with Crippen LogP contribution < -0.4 is 0 Å². The molecule has 0 saturated heterocycles. The summed E-state index contributed by atoms with van der Waals surface area (Å²) in [5.41, 5.74) is 3.05. The molecular weight excluding hydrogens is 164 g/mol. The maximum atomic E-state index is 10.4. The molecule has 3 nitrogen and oxygen atoms in total. The molecule has 0 amide bonds. The Morgan fingerprint density at radius 2 is 2.46 bits per heavy atom. The van der Waals surface area contributed by atoms with Crippen LogP contribution >= 0.6 is 0 Å². The zero-order valence-corrected chi connectivity index (χ0v) is 7.40. The van der Waals surface area contributed by atoms with E-state index in [2.05, 4.69) is 4.98 Å². The molecule has 0 unspecified atom stereocenters. The number of carbonyl (C=O) groups excluding carboxylic acids is 1. The van der Waals surface area contributed by atoms with Gasteiger partial charge in [-0.25, -0.2) is 4.98 Å². The van der Waals surface area contributed by atoms with E-state index in [9.17, 15) is 4.79 Å². The minimum Gasteiger partial charge on any atom is -0.306 e. The standard InChI is InChI=1S/C10H10N2O/c1-8-2-4-12-7-11-9(3-5-13)10(12)6-8/h2,4-7H,3H2,1H3. The summed E-state index contributed by atoms with van der Waals surface area (Å²) >= 11 is 0. The van der Waals surface area contributed by atoms with Crippen molar-refractivity contribution in [2.45, 2.75) is 13.3 Å². The Labute approximate surface area is 76.0 Å². The number of pyridine rings is 1. The molecule has 0 fully saturated rings. The number of imidazole rings is 1. The van der Waals surface area contributed by atoms with Crippen LogP contribution in [0.3, 0.4) is 0 Å². The highest BCUT2D eigenvalue weighted by Gasteiger charge is 2.02. The van der Waals surface area contributed by atoms with E-state index >= 15 is 0 Å². The molecule has 0 aliphatic carbocycles. The van der Waals surface area contributed by atoms with Crippen LogP contribution in [0.5, 0.6) is 0 Å². The second kappa shape index (κ2) is 3.01. The number of nitrogens with zero attached hydrogens (tertiary/aromatic N) is 2. The minimum atomic E-state index is 0.389. The Morgan fingerprint density at radius 3 is 3.23 bits per heavy atom. The predicted molar refractivity (Wildman–Crippen MR) is 49.7 cm³/mol. The molecule has 2 rings (SSSR count). The first kappa shape index (κ1) is 7.98. The third-order valence-corrected chi connectivity index (χ3v) is 2.05. The van der Waals surface area contributed by atoms with Gasteiger partial charge in [0.25, 0.3) is 0 Å². The van der Waals surface area contributed by atoms with E-state index in [4.69, 9.17) is 0 Å². The lowest BCUT2D eigenvalue weighted by atomic mass is 10.2. The predicted octanol–water partition coefficient (Wildman–Crippen LogP) is 1.38. The van der Waals surface area contributed by atoms with Crippen LogP contribution in [0.2, 0.25) is 0 Å². The zero-order chi connectivity index (χ0) is 9.26. The van der Waals surface area contributed by atoms with Crippen molar-refractivity contribution in [3.8, 4) is 0 Å². The van der Waals surface area contributed by atoms with Gasteiger partial charge in [0.15, 0.2) is 0 Å². The van der Waals surface area contributed by atoms with Crippen LogP contribution in [-0.4, -0.2) is 15.7 Å². The monoisotopic (exact) mass is 174 g/mol. The third-order valence-electron chi connectivity index (χ3n) is 2.05. The van der Waals surface area contributed by atoms with Crippen LogP contribution in [0.1, 0.15) is 11.3 Å². The summed E-state index contributed by atoms with van der Waals surface area (Å²) in [6.45, 7) is 2.03. The summed E-state index contributed by atoms with van der Waals surface area (Å²) in [4.78, 5) is 14.5. The van der Waals surface area contributed by atoms with Crippen molar-refractivity contribution in [2.24, 2.45) is 0 Å². The Morgan fingerprint density at radius 1 is 1.62 bits per heavy atom. The SMILES string of the molecule is Cc1ccn2cnc(CC=O)c2c1. The maximum absolute atomic E-state index is 10.4.